The van der Waals surface area contributed by atoms with E-state index in [1.807, 2.05) is 13.8 Å². The minimum absolute atomic E-state index is 0.127. The zero-order valence-corrected chi connectivity index (χ0v) is 11.8. The fraction of sp³-hybridized carbons (Fsp3) is 0.727. The van der Waals surface area contributed by atoms with Crippen LogP contribution in [0.3, 0.4) is 0 Å². The SMILES string of the molecule is C=C[C@H](OCOC)C(C)(C)COC(=O)C(Cl)Cl. The van der Waals surface area contributed by atoms with Gasteiger partial charge in [-0.1, -0.05) is 43.1 Å². The quantitative estimate of drug-likeness (QED) is 0.297. The van der Waals surface area contributed by atoms with Gasteiger partial charge in [-0.25, -0.2) is 4.79 Å². The van der Waals surface area contributed by atoms with Gasteiger partial charge in [-0.3, -0.25) is 0 Å². The van der Waals surface area contributed by atoms with Crippen molar-refractivity contribution in [1.82, 2.24) is 0 Å². The lowest BCUT2D eigenvalue weighted by Gasteiger charge is -2.31. The molecule has 0 aliphatic heterocycles. The van der Waals surface area contributed by atoms with Crippen LogP contribution in [0.4, 0.5) is 0 Å². The predicted octanol–water partition coefficient (Wildman–Crippen LogP) is 2.53. The zero-order valence-electron chi connectivity index (χ0n) is 10.2. The first-order valence-electron chi connectivity index (χ1n) is 5.03. The topological polar surface area (TPSA) is 44.8 Å². The van der Waals surface area contributed by atoms with Crippen LogP contribution in [0.5, 0.6) is 0 Å². The predicted molar refractivity (Wildman–Crippen MR) is 67.2 cm³/mol. The van der Waals surface area contributed by atoms with Crippen LogP contribution in [-0.2, 0) is 19.0 Å². The number of hydrogen-bond acceptors (Lipinski definition) is 4. The molecule has 0 spiro atoms. The van der Waals surface area contributed by atoms with Crippen molar-refractivity contribution in [2.24, 2.45) is 5.41 Å². The number of carbonyl (C=O) groups excluding carboxylic acids is 1. The highest BCUT2D eigenvalue weighted by Gasteiger charge is 2.30. The third kappa shape index (κ3) is 6.27. The number of ether oxygens (including phenoxy) is 3. The second-order valence-corrected chi connectivity index (χ2v) is 5.22. The van der Waals surface area contributed by atoms with Crippen molar-refractivity contribution in [3.05, 3.63) is 12.7 Å². The van der Waals surface area contributed by atoms with Gasteiger partial charge in [-0.15, -0.1) is 6.58 Å². The number of alkyl halides is 2. The normalized spacial score (nSPS) is 13.5. The third-order valence-corrected chi connectivity index (χ3v) is 2.47. The van der Waals surface area contributed by atoms with Crippen molar-refractivity contribution in [3.63, 3.8) is 0 Å². The standard InChI is InChI=1S/C11H18Cl2O4/c1-5-8(17-7-15-4)11(2,3)6-16-10(14)9(12)13/h5,8-9H,1,6-7H2,2-4H3/t8-/m0/s1. The summed E-state index contributed by atoms with van der Waals surface area (Å²) in [6.07, 6.45) is 1.32. The van der Waals surface area contributed by atoms with E-state index in [0.29, 0.717) is 0 Å². The number of esters is 1. The molecule has 0 aromatic heterocycles. The van der Waals surface area contributed by atoms with Crippen molar-refractivity contribution >= 4 is 29.2 Å². The molecular formula is C11H18Cl2O4. The summed E-state index contributed by atoms with van der Waals surface area (Å²) in [6.45, 7) is 7.69. The number of methoxy groups -OCH3 is 1. The van der Waals surface area contributed by atoms with E-state index >= 15 is 0 Å². The number of rotatable bonds is 8. The van der Waals surface area contributed by atoms with E-state index in [0.717, 1.165) is 0 Å². The summed E-state index contributed by atoms with van der Waals surface area (Å²) in [5.74, 6) is -0.670. The Kier molecular flexibility index (Phi) is 7.79. The monoisotopic (exact) mass is 284 g/mol. The Bertz CT molecular complexity index is 254. The van der Waals surface area contributed by atoms with Crippen molar-refractivity contribution in [2.45, 2.75) is 24.8 Å². The van der Waals surface area contributed by atoms with Gasteiger partial charge in [-0.2, -0.15) is 0 Å². The average molecular weight is 285 g/mol. The van der Waals surface area contributed by atoms with Crippen LogP contribution in [0.2, 0.25) is 0 Å². The van der Waals surface area contributed by atoms with E-state index in [4.69, 9.17) is 37.4 Å². The van der Waals surface area contributed by atoms with Crippen LogP contribution in [0.25, 0.3) is 0 Å². The highest BCUT2D eigenvalue weighted by Crippen LogP contribution is 2.25. The molecule has 17 heavy (non-hydrogen) atoms. The molecule has 0 aromatic rings. The minimum atomic E-state index is -1.17. The fourth-order valence-electron chi connectivity index (χ4n) is 1.16. The lowest BCUT2D eigenvalue weighted by atomic mass is 9.87. The van der Waals surface area contributed by atoms with Crippen LogP contribution in [0, 0.1) is 5.41 Å². The molecule has 0 bridgehead atoms. The molecule has 0 heterocycles. The van der Waals surface area contributed by atoms with E-state index in [9.17, 15) is 4.79 Å². The summed E-state index contributed by atoms with van der Waals surface area (Å²) in [6, 6.07) is 0. The summed E-state index contributed by atoms with van der Waals surface area (Å²) >= 11 is 10.7. The van der Waals surface area contributed by atoms with Gasteiger partial charge >= 0.3 is 5.97 Å². The molecule has 0 unspecified atom stereocenters. The third-order valence-electron chi connectivity index (χ3n) is 2.11. The molecule has 1 atom stereocenters. The Labute approximate surface area is 112 Å². The molecule has 0 fully saturated rings. The zero-order chi connectivity index (χ0) is 13.5. The lowest BCUT2D eigenvalue weighted by molar-refractivity contribution is -0.150. The van der Waals surface area contributed by atoms with Gasteiger partial charge in [0.2, 0.25) is 4.84 Å². The van der Waals surface area contributed by atoms with Crippen LogP contribution < -0.4 is 0 Å². The van der Waals surface area contributed by atoms with E-state index in [2.05, 4.69) is 6.58 Å². The Morgan fingerprint density at radius 1 is 1.47 bits per heavy atom. The molecule has 0 radical (unpaired) electrons. The first kappa shape index (κ1) is 16.7. The van der Waals surface area contributed by atoms with Gasteiger partial charge < -0.3 is 14.2 Å². The maximum atomic E-state index is 11.1. The molecule has 0 aliphatic rings. The molecule has 0 saturated carbocycles. The van der Waals surface area contributed by atoms with Gasteiger partial charge in [0.25, 0.3) is 0 Å². The molecule has 0 aromatic carbocycles. The Morgan fingerprint density at radius 3 is 2.47 bits per heavy atom. The van der Waals surface area contributed by atoms with Crippen LogP contribution in [0.1, 0.15) is 13.8 Å². The lowest BCUT2D eigenvalue weighted by Crippen LogP contribution is -2.36. The van der Waals surface area contributed by atoms with Crippen LogP contribution in [0.15, 0.2) is 12.7 Å². The van der Waals surface area contributed by atoms with E-state index in [1.165, 1.54) is 7.11 Å². The molecule has 6 heteroatoms. The summed E-state index contributed by atoms with van der Waals surface area (Å²) in [5.41, 5.74) is -0.446. The highest BCUT2D eigenvalue weighted by molar-refractivity contribution is 6.52. The van der Waals surface area contributed by atoms with Crippen molar-refractivity contribution in [3.8, 4) is 0 Å². The summed E-state index contributed by atoms with van der Waals surface area (Å²) in [4.78, 5) is 9.96. The number of carbonyl (C=O) groups is 1. The maximum Gasteiger partial charge on any atom is 0.339 e. The van der Waals surface area contributed by atoms with Gasteiger partial charge in [0.15, 0.2) is 0 Å². The molecule has 4 nitrogen and oxygen atoms in total. The first-order chi connectivity index (χ1) is 7.85. The molecular weight excluding hydrogens is 267 g/mol. The number of halogens is 2. The molecule has 0 aliphatic carbocycles. The molecule has 0 amide bonds. The van der Waals surface area contributed by atoms with Crippen molar-refractivity contribution in [2.75, 3.05) is 20.5 Å². The van der Waals surface area contributed by atoms with Crippen molar-refractivity contribution < 1.29 is 19.0 Å². The molecule has 0 rings (SSSR count). The summed E-state index contributed by atoms with van der Waals surface area (Å²) in [7, 11) is 1.53. The van der Waals surface area contributed by atoms with Gasteiger partial charge in [-0.05, 0) is 0 Å². The Morgan fingerprint density at radius 2 is 2.06 bits per heavy atom. The second kappa shape index (κ2) is 7.93. The highest BCUT2D eigenvalue weighted by atomic mass is 35.5. The number of hydrogen-bond donors (Lipinski definition) is 0. The largest absolute Gasteiger partial charge is 0.463 e. The van der Waals surface area contributed by atoms with Gasteiger partial charge in [0, 0.05) is 12.5 Å². The Balaban J connectivity index is 4.31. The molecule has 0 saturated heterocycles. The van der Waals surface area contributed by atoms with Gasteiger partial charge in [0.1, 0.15) is 6.79 Å². The summed E-state index contributed by atoms with van der Waals surface area (Å²) in [5, 5.41) is 0. The van der Waals surface area contributed by atoms with Crippen LogP contribution >= 0.6 is 23.2 Å². The minimum Gasteiger partial charge on any atom is -0.463 e. The van der Waals surface area contributed by atoms with Crippen LogP contribution in [-0.4, -0.2) is 37.4 Å². The Hall–Kier alpha value is -0.290. The average Bonchev–Trinajstić information content (AvgIpc) is 2.26. The second-order valence-electron chi connectivity index (χ2n) is 4.13. The summed E-state index contributed by atoms with van der Waals surface area (Å²) < 4.78 is 15.2. The van der Waals surface area contributed by atoms with E-state index < -0.39 is 16.2 Å². The first-order valence-corrected chi connectivity index (χ1v) is 5.90. The fourth-order valence-corrected chi connectivity index (χ4v) is 1.28. The van der Waals surface area contributed by atoms with Crippen molar-refractivity contribution in [1.29, 1.82) is 0 Å². The van der Waals surface area contributed by atoms with E-state index in [1.54, 1.807) is 6.08 Å². The molecule has 0 N–H and O–H groups in total. The maximum absolute atomic E-state index is 11.1. The van der Waals surface area contributed by atoms with E-state index in [-0.39, 0.29) is 19.5 Å². The van der Waals surface area contributed by atoms with Gasteiger partial charge in [0.05, 0.1) is 12.7 Å². The molecule has 100 valence electrons. The smallest absolute Gasteiger partial charge is 0.339 e.